The number of aliphatic carboxylic acids is 1. The Labute approximate surface area is 229 Å². The van der Waals surface area contributed by atoms with Crippen molar-refractivity contribution < 1.29 is 19.7 Å². The van der Waals surface area contributed by atoms with E-state index >= 15 is 0 Å². The minimum atomic E-state index is -0.812. The highest BCUT2D eigenvalue weighted by Crippen LogP contribution is 2.69. The number of carboxylic acids is 1. The van der Waals surface area contributed by atoms with Crippen molar-refractivity contribution in [2.24, 2.45) is 11.3 Å². The predicted octanol–water partition coefficient (Wildman–Crippen LogP) is 5.37. The molecule has 2 aromatic rings. The average Bonchev–Trinajstić information content (AvgIpc) is 3.59. The third-order valence-electron chi connectivity index (χ3n) is 11.8. The van der Waals surface area contributed by atoms with Crippen molar-refractivity contribution in [3.8, 4) is 0 Å². The lowest BCUT2D eigenvalue weighted by molar-refractivity contribution is -0.150. The summed E-state index contributed by atoms with van der Waals surface area (Å²) in [6, 6.07) is 8.59. The van der Waals surface area contributed by atoms with E-state index in [-0.39, 0.29) is 22.7 Å². The Morgan fingerprint density at radius 2 is 2.05 bits per heavy atom. The van der Waals surface area contributed by atoms with E-state index in [0.717, 1.165) is 38.5 Å². The Morgan fingerprint density at radius 3 is 2.92 bits per heavy atom. The molecule has 39 heavy (non-hydrogen) atoms. The van der Waals surface area contributed by atoms with Gasteiger partial charge in [0, 0.05) is 36.8 Å². The van der Waals surface area contributed by atoms with E-state index < -0.39 is 18.1 Å². The van der Waals surface area contributed by atoms with Crippen molar-refractivity contribution in [3.63, 3.8) is 0 Å². The first-order chi connectivity index (χ1) is 18.8. The second-order valence-corrected chi connectivity index (χ2v) is 13.5. The summed E-state index contributed by atoms with van der Waals surface area (Å²) < 4.78 is 7.44. The summed E-state index contributed by atoms with van der Waals surface area (Å²) in [6.45, 7) is 2.96. The van der Waals surface area contributed by atoms with Crippen LogP contribution in [0.25, 0.3) is 10.8 Å². The van der Waals surface area contributed by atoms with Crippen LogP contribution in [0.4, 0.5) is 0 Å². The number of ether oxygens (including phenoxy) is 1. The number of aliphatic hydroxyl groups excluding tert-OH is 1. The van der Waals surface area contributed by atoms with Crippen LogP contribution < -0.4 is 0 Å². The number of carbonyl (C=O) groups is 1. The number of hydrogen-bond acceptors (Lipinski definition) is 5. The van der Waals surface area contributed by atoms with E-state index in [1.807, 2.05) is 12.4 Å². The average molecular weight is 527 g/mol. The summed E-state index contributed by atoms with van der Waals surface area (Å²) >= 11 is 0. The number of nitrogens with zero attached hydrogens (tertiary/aromatic N) is 2. The molecular weight excluding hydrogens is 488 g/mol. The van der Waals surface area contributed by atoms with Crippen molar-refractivity contribution >= 4 is 16.7 Å². The van der Waals surface area contributed by atoms with E-state index in [9.17, 15) is 15.0 Å². The van der Waals surface area contributed by atoms with Gasteiger partial charge in [-0.25, -0.2) is 0 Å². The smallest absolute Gasteiger partial charge is 0.321 e. The largest absolute Gasteiger partial charge is 0.480 e. The number of allylic oxidation sites excluding steroid dienone is 1. The summed E-state index contributed by atoms with van der Waals surface area (Å²) in [5, 5.41) is 22.6. The standard InChI is InChI=1S/C33H38N2O4/c1-31-10-8-24-15-23-4-5-25(35-19-26(36)16-28(35)30(37)38)17-32(23)11-12-33(24,39-32)29(31)7-6-27(31)21-3-2-20-9-13-34-18-22(20)14-21/h2-3,8-9,13-15,18,25-29,36H,4-7,10-12,16-17,19H2,1H3,(H,37,38)/t25-,26-,27-,28+,29-,31-,32-,33-/m1/s1. The summed E-state index contributed by atoms with van der Waals surface area (Å²) in [6.07, 6.45) is 16.8. The molecule has 8 atom stereocenters. The molecule has 2 saturated carbocycles. The number of carboxylic acid groups (broad SMARTS) is 1. The summed E-state index contributed by atoms with van der Waals surface area (Å²) in [7, 11) is 0. The Bertz CT molecular complexity index is 1430. The van der Waals surface area contributed by atoms with E-state index in [2.05, 4.69) is 53.2 Å². The molecule has 1 aromatic heterocycles. The van der Waals surface area contributed by atoms with Crippen LogP contribution in [0, 0.1) is 11.3 Å². The second kappa shape index (κ2) is 8.25. The fraction of sp³-hybridized carbons (Fsp3) is 0.576. The molecule has 0 radical (unpaired) electrons. The molecule has 1 aromatic carbocycles. The first-order valence-electron chi connectivity index (χ1n) is 14.9. The normalized spacial score (nSPS) is 43.0. The fourth-order valence-corrected chi connectivity index (χ4v) is 10.0. The minimum Gasteiger partial charge on any atom is -0.480 e. The lowest BCUT2D eigenvalue weighted by Gasteiger charge is -2.55. The molecule has 6 aliphatic rings. The third-order valence-corrected chi connectivity index (χ3v) is 11.8. The minimum absolute atomic E-state index is 0.137. The maximum atomic E-state index is 12.0. The molecule has 6 heteroatoms. The first-order valence-corrected chi connectivity index (χ1v) is 14.9. The van der Waals surface area contributed by atoms with E-state index in [1.165, 1.54) is 40.3 Å². The molecule has 204 valence electrons. The molecule has 2 spiro atoms. The van der Waals surface area contributed by atoms with Gasteiger partial charge in [0.05, 0.1) is 17.3 Å². The van der Waals surface area contributed by atoms with Gasteiger partial charge in [-0.05, 0) is 103 Å². The van der Waals surface area contributed by atoms with E-state index in [4.69, 9.17) is 4.74 Å². The first kappa shape index (κ1) is 24.3. The van der Waals surface area contributed by atoms with Gasteiger partial charge in [0.25, 0.3) is 0 Å². The van der Waals surface area contributed by atoms with E-state index in [1.54, 1.807) is 0 Å². The number of pyridine rings is 1. The zero-order valence-electron chi connectivity index (χ0n) is 22.7. The Morgan fingerprint density at radius 1 is 1.15 bits per heavy atom. The van der Waals surface area contributed by atoms with Crippen molar-refractivity contribution in [2.75, 3.05) is 6.54 Å². The van der Waals surface area contributed by atoms with Gasteiger partial charge in [-0.1, -0.05) is 31.2 Å². The molecule has 2 bridgehead atoms. The zero-order valence-corrected chi connectivity index (χ0v) is 22.7. The molecule has 8 rings (SSSR count). The maximum Gasteiger partial charge on any atom is 0.321 e. The van der Waals surface area contributed by atoms with Gasteiger partial charge >= 0.3 is 5.97 Å². The molecular formula is C33H38N2O4. The summed E-state index contributed by atoms with van der Waals surface area (Å²) in [4.78, 5) is 18.4. The number of likely N-dealkylation sites (tertiary alicyclic amines) is 1. The lowest BCUT2D eigenvalue weighted by Crippen LogP contribution is -2.56. The number of β-amino-alcohol motifs (C(OH)–C–C–N with tert-alkyl or cyclic N) is 1. The van der Waals surface area contributed by atoms with Crippen LogP contribution in [0.2, 0.25) is 0 Å². The van der Waals surface area contributed by atoms with Gasteiger partial charge in [0.15, 0.2) is 0 Å². The van der Waals surface area contributed by atoms with Gasteiger partial charge in [0.2, 0.25) is 0 Å². The fourth-order valence-electron chi connectivity index (χ4n) is 10.0. The van der Waals surface area contributed by atoms with E-state index in [0.29, 0.717) is 24.8 Å². The van der Waals surface area contributed by atoms with Crippen molar-refractivity contribution in [1.29, 1.82) is 0 Å². The SMILES string of the molecule is C[C@]12CC=C3C=C4CC[C@@H](N5C[C@H](O)C[C@H]5C(=O)O)C[C@]45CC[C@]3(O5)[C@@H]1CC[C@@H]2c1ccc2ccncc2c1. The number of rotatable bonds is 3. The zero-order chi connectivity index (χ0) is 26.6. The molecule has 4 fully saturated rings. The van der Waals surface area contributed by atoms with Crippen LogP contribution in [-0.2, 0) is 9.53 Å². The molecule has 3 aliphatic carbocycles. The van der Waals surface area contributed by atoms with Gasteiger partial charge < -0.3 is 14.9 Å². The number of benzene rings is 1. The van der Waals surface area contributed by atoms with Gasteiger partial charge in [-0.2, -0.15) is 0 Å². The summed E-state index contributed by atoms with van der Waals surface area (Å²) in [5.74, 6) is 0.149. The number of hydrogen-bond donors (Lipinski definition) is 2. The Hall–Kier alpha value is -2.54. The quantitative estimate of drug-likeness (QED) is 0.560. The topological polar surface area (TPSA) is 82.9 Å². The second-order valence-electron chi connectivity index (χ2n) is 13.5. The van der Waals surface area contributed by atoms with Gasteiger partial charge in [-0.15, -0.1) is 0 Å². The maximum absolute atomic E-state index is 12.0. The van der Waals surface area contributed by atoms with Crippen LogP contribution in [0.1, 0.15) is 76.2 Å². The highest BCUT2D eigenvalue weighted by atomic mass is 16.5. The highest BCUT2D eigenvalue weighted by Gasteiger charge is 2.67. The van der Waals surface area contributed by atoms with Crippen molar-refractivity contribution in [1.82, 2.24) is 9.88 Å². The lowest BCUT2D eigenvalue weighted by atomic mass is 9.58. The van der Waals surface area contributed by atoms with Crippen LogP contribution in [0.15, 0.2) is 60.0 Å². The molecule has 0 unspecified atom stereocenters. The summed E-state index contributed by atoms with van der Waals surface area (Å²) in [5.41, 5.74) is 3.88. The van der Waals surface area contributed by atoms with Gasteiger partial charge in [-0.3, -0.25) is 14.7 Å². The Kier molecular flexibility index (Phi) is 5.13. The molecule has 3 aliphatic heterocycles. The van der Waals surface area contributed by atoms with Crippen molar-refractivity contribution in [3.05, 3.63) is 65.5 Å². The molecule has 2 N–H and O–H groups in total. The number of fused-ring (bicyclic) bond motifs is 2. The highest BCUT2D eigenvalue weighted by molar-refractivity contribution is 5.82. The Balaban J connectivity index is 1.12. The van der Waals surface area contributed by atoms with Crippen LogP contribution in [-0.4, -0.2) is 62.0 Å². The molecule has 6 nitrogen and oxygen atoms in total. The van der Waals surface area contributed by atoms with Crippen molar-refractivity contribution in [2.45, 2.75) is 100 Å². The van der Waals surface area contributed by atoms with Gasteiger partial charge in [0.1, 0.15) is 6.04 Å². The molecule has 2 saturated heterocycles. The predicted molar refractivity (Wildman–Crippen MR) is 148 cm³/mol. The van der Waals surface area contributed by atoms with Crippen LogP contribution in [0.5, 0.6) is 0 Å². The third kappa shape index (κ3) is 3.31. The van der Waals surface area contributed by atoms with Crippen LogP contribution in [0.3, 0.4) is 0 Å². The molecule has 4 heterocycles. The monoisotopic (exact) mass is 526 g/mol. The van der Waals surface area contributed by atoms with Crippen LogP contribution >= 0.6 is 0 Å². The number of aromatic nitrogens is 1. The number of aliphatic hydroxyl groups is 1. The molecule has 0 amide bonds.